The van der Waals surface area contributed by atoms with Crippen molar-refractivity contribution >= 4 is 11.6 Å². The number of nitrogens with one attached hydrogen (secondary N) is 1. The van der Waals surface area contributed by atoms with Crippen LogP contribution in [0.5, 0.6) is 5.75 Å². The lowest BCUT2D eigenvalue weighted by atomic mass is 9.72. The average Bonchev–Trinajstić information content (AvgIpc) is 3.22. The summed E-state index contributed by atoms with van der Waals surface area (Å²) in [5.41, 5.74) is 7.82. The van der Waals surface area contributed by atoms with E-state index in [-0.39, 0.29) is 23.2 Å². The second-order valence-corrected chi connectivity index (χ2v) is 11.2. The van der Waals surface area contributed by atoms with Crippen LogP contribution in [0.2, 0.25) is 0 Å². The first kappa shape index (κ1) is 25.5. The maximum absolute atomic E-state index is 13.4. The summed E-state index contributed by atoms with van der Waals surface area (Å²) in [6.45, 7) is 12.6. The molecule has 1 atom stereocenters. The zero-order chi connectivity index (χ0) is 26.5. The normalized spacial score (nSPS) is 18.6. The van der Waals surface area contributed by atoms with Crippen LogP contribution in [0.25, 0.3) is 0 Å². The number of carbonyl (C=O) groups is 1. The van der Waals surface area contributed by atoms with E-state index in [1.165, 1.54) is 41.0 Å². The molecule has 2 heterocycles. The summed E-state index contributed by atoms with van der Waals surface area (Å²) in [7, 11) is 2.17. The molecule has 2 aliphatic heterocycles. The first-order chi connectivity index (χ1) is 17.6. The van der Waals surface area contributed by atoms with E-state index in [1.54, 1.807) is 0 Å². The molecule has 194 valence electrons. The van der Waals surface area contributed by atoms with Crippen molar-refractivity contribution in [2.75, 3.05) is 25.5 Å². The van der Waals surface area contributed by atoms with E-state index < -0.39 is 0 Å². The van der Waals surface area contributed by atoms with E-state index in [9.17, 15) is 9.18 Å². The summed E-state index contributed by atoms with van der Waals surface area (Å²) in [5, 5.41) is 3.15. The molecule has 2 aliphatic rings. The van der Waals surface area contributed by atoms with Crippen molar-refractivity contribution < 1.29 is 13.9 Å². The van der Waals surface area contributed by atoms with Gasteiger partial charge in [0.05, 0.1) is 5.92 Å². The molecule has 3 aromatic carbocycles. The molecule has 37 heavy (non-hydrogen) atoms. The maximum atomic E-state index is 13.4. The van der Waals surface area contributed by atoms with Crippen LogP contribution in [0, 0.1) is 26.6 Å². The average molecular weight is 501 g/mol. The summed E-state index contributed by atoms with van der Waals surface area (Å²) >= 11 is 0. The van der Waals surface area contributed by atoms with Crippen LogP contribution in [-0.4, -0.2) is 36.5 Å². The molecule has 4 nitrogen and oxygen atoms in total. The van der Waals surface area contributed by atoms with Crippen molar-refractivity contribution in [1.82, 2.24) is 4.90 Å². The second kappa shape index (κ2) is 9.60. The molecule has 1 fully saturated rings. The molecule has 1 N–H and O–H groups in total. The van der Waals surface area contributed by atoms with Gasteiger partial charge in [0.1, 0.15) is 17.2 Å². The molecule has 1 unspecified atom stereocenters. The summed E-state index contributed by atoms with van der Waals surface area (Å²) in [6, 6.07) is 14.7. The molecule has 5 rings (SSSR count). The number of hydrogen-bond donors (Lipinski definition) is 1. The van der Waals surface area contributed by atoms with Gasteiger partial charge in [-0.15, -0.1) is 0 Å². The molecule has 0 bridgehead atoms. The fraction of sp³-hybridized carbons (Fsp3) is 0.406. The van der Waals surface area contributed by atoms with Crippen LogP contribution >= 0.6 is 0 Å². The minimum Gasteiger partial charge on any atom is -0.486 e. The van der Waals surface area contributed by atoms with E-state index in [0.29, 0.717) is 11.5 Å². The second-order valence-electron chi connectivity index (χ2n) is 11.2. The van der Waals surface area contributed by atoms with Crippen molar-refractivity contribution in [3.05, 3.63) is 93.3 Å². The van der Waals surface area contributed by atoms with Crippen molar-refractivity contribution in [1.29, 1.82) is 0 Å². The Balaban J connectivity index is 1.62. The Kier molecular flexibility index (Phi) is 6.61. The number of amides is 1. The molecule has 5 heteroatoms. The van der Waals surface area contributed by atoms with E-state index in [2.05, 4.69) is 69.2 Å². The summed E-state index contributed by atoms with van der Waals surface area (Å²) in [6.07, 6.45) is 1.90. The highest BCUT2D eigenvalue weighted by molar-refractivity contribution is 6.05. The Bertz CT molecular complexity index is 1320. The third-order valence-electron chi connectivity index (χ3n) is 8.54. The van der Waals surface area contributed by atoms with Crippen molar-refractivity contribution in [3.63, 3.8) is 0 Å². The van der Waals surface area contributed by atoms with E-state index in [0.717, 1.165) is 54.1 Å². The Morgan fingerprint density at radius 1 is 0.973 bits per heavy atom. The zero-order valence-electron chi connectivity index (χ0n) is 22.7. The number of ether oxygens (including phenoxy) is 1. The summed E-state index contributed by atoms with van der Waals surface area (Å²) in [4.78, 5) is 15.5. The quantitative estimate of drug-likeness (QED) is 0.415. The molecule has 0 radical (unpaired) electrons. The number of halogens is 1. The minimum absolute atomic E-state index is 0.0817. The van der Waals surface area contributed by atoms with Gasteiger partial charge in [-0.25, -0.2) is 4.39 Å². The molecule has 3 aromatic rings. The van der Waals surface area contributed by atoms with Gasteiger partial charge in [-0.3, -0.25) is 4.79 Å². The molecule has 0 aliphatic carbocycles. The highest BCUT2D eigenvalue weighted by Gasteiger charge is 2.52. The number of nitrogens with zero attached hydrogens (tertiary/aromatic N) is 1. The van der Waals surface area contributed by atoms with Gasteiger partial charge in [0.15, 0.2) is 0 Å². The topological polar surface area (TPSA) is 41.6 Å². The number of hydrogen-bond acceptors (Lipinski definition) is 3. The molecular formula is C32H37FN2O2. The van der Waals surface area contributed by atoms with Crippen LogP contribution in [0.15, 0.2) is 48.5 Å². The van der Waals surface area contributed by atoms with Gasteiger partial charge in [-0.2, -0.15) is 0 Å². The molecular weight excluding hydrogens is 463 g/mol. The van der Waals surface area contributed by atoms with Gasteiger partial charge >= 0.3 is 0 Å². The third kappa shape index (κ3) is 4.44. The first-order valence-electron chi connectivity index (χ1n) is 13.3. The van der Waals surface area contributed by atoms with Crippen LogP contribution < -0.4 is 10.1 Å². The van der Waals surface area contributed by atoms with E-state index >= 15 is 0 Å². The van der Waals surface area contributed by atoms with Crippen LogP contribution in [0.4, 0.5) is 10.1 Å². The standard InChI is InChI=1S/C32H37FN2O2/c1-19(2)23-7-9-24(10-8-23)28-27-22(5)29(34-31(36)25-11-13-26(33)14-12-25)20(3)21(4)30(27)37-32(28)15-17-35(6)18-16-32/h7-14,19,28H,15-18H2,1-6H3,(H,34,36). The zero-order valence-corrected chi connectivity index (χ0v) is 22.7. The number of rotatable bonds is 4. The predicted octanol–water partition coefficient (Wildman–Crippen LogP) is 7.12. The van der Waals surface area contributed by atoms with E-state index in [1.807, 2.05) is 6.92 Å². The lowest BCUT2D eigenvalue weighted by Gasteiger charge is -2.41. The Labute approximate surface area is 219 Å². The smallest absolute Gasteiger partial charge is 0.255 e. The predicted molar refractivity (Wildman–Crippen MR) is 147 cm³/mol. The molecule has 0 saturated carbocycles. The van der Waals surface area contributed by atoms with Crippen molar-refractivity contribution in [2.45, 2.75) is 64.9 Å². The highest BCUT2D eigenvalue weighted by Crippen LogP contribution is 2.56. The number of carbonyl (C=O) groups excluding carboxylic acids is 1. The van der Waals surface area contributed by atoms with Gasteiger partial charge in [-0.05, 0) is 85.8 Å². The number of fused-ring (bicyclic) bond motifs is 1. The number of piperidine rings is 1. The SMILES string of the molecule is Cc1c(C)c2c(c(C)c1NC(=O)c1ccc(F)cc1)C(c1ccc(C(C)C)cc1)C1(CCN(C)CC1)O2. The van der Waals surface area contributed by atoms with Crippen LogP contribution in [-0.2, 0) is 0 Å². The fourth-order valence-electron chi connectivity index (χ4n) is 6.06. The Morgan fingerprint density at radius 2 is 1.59 bits per heavy atom. The maximum Gasteiger partial charge on any atom is 0.255 e. The van der Waals surface area contributed by atoms with Crippen LogP contribution in [0.1, 0.15) is 82.3 Å². The summed E-state index contributed by atoms with van der Waals surface area (Å²) < 4.78 is 20.4. The van der Waals surface area contributed by atoms with Crippen molar-refractivity contribution in [3.8, 4) is 5.75 Å². The van der Waals surface area contributed by atoms with Gasteiger partial charge < -0.3 is 15.0 Å². The summed E-state index contributed by atoms with van der Waals surface area (Å²) in [5.74, 6) is 0.925. The highest BCUT2D eigenvalue weighted by atomic mass is 19.1. The number of anilines is 1. The fourth-order valence-corrected chi connectivity index (χ4v) is 6.06. The first-order valence-corrected chi connectivity index (χ1v) is 13.3. The monoisotopic (exact) mass is 500 g/mol. The number of likely N-dealkylation sites (tertiary alicyclic amines) is 1. The lowest BCUT2D eigenvalue weighted by molar-refractivity contribution is 0.0145. The molecule has 0 aromatic heterocycles. The van der Waals surface area contributed by atoms with Gasteiger partial charge in [0.2, 0.25) is 0 Å². The van der Waals surface area contributed by atoms with Gasteiger partial charge in [0, 0.05) is 42.7 Å². The molecule has 1 amide bonds. The largest absolute Gasteiger partial charge is 0.486 e. The van der Waals surface area contributed by atoms with Crippen LogP contribution in [0.3, 0.4) is 0 Å². The van der Waals surface area contributed by atoms with Gasteiger partial charge in [0.25, 0.3) is 5.91 Å². The van der Waals surface area contributed by atoms with Crippen molar-refractivity contribution in [2.24, 2.45) is 0 Å². The molecule has 1 spiro atoms. The number of benzene rings is 3. The van der Waals surface area contributed by atoms with E-state index in [4.69, 9.17) is 4.74 Å². The van der Waals surface area contributed by atoms with Gasteiger partial charge in [-0.1, -0.05) is 38.1 Å². The third-order valence-corrected chi connectivity index (χ3v) is 8.54. The Hall–Kier alpha value is -3.18. The molecule has 1 saturated heterocycles. The minimum atomic E-state index is -0.357. The Morgan fingerprint density at radius 3 is 2.19 bits per heavy atom. The lowest BCUT2D eigenvalue weighted by Crippen LogP contribution is -2.48.